The standard InChI is InChI=1S/C22H28BCl2N3O8/c1-12(2)7-16(27-17(29)11-26-20(32)14-8-13(24)5-6-15(14)25)23-35-19(31)10-22(36-23,21(33)34)9-18(30)28(3)4/h5-6,8,12,16H,7,9-11H2,1-4H3,(H,26,32)(H,27,29)(H,33,34)/t16-,22+/m0/s1. The first-order valence-electron chi connectivity index (χ1n) is 11.1. The van der Waals surface area contributed by atoms with E-state index in [9.17, 15) is 29.1 Å². The van der Waals surface area contributed by atoms with Gasteiger partial charge in [-0.05, 0) is 30.5 Å². The molecule has 196 valence electrons. The lowest BCUT2D eigenvalue weighted by atomic mass is 9.70. The van der Waals surface area contributed by atoms with E-state index >= 15 is 0 Å². The van der Waals surface area contributed by atoms with Gasteiger partial charge in [0.2, 0.25) is 11.8 Å². The Morgan fingerprint density at radius 2 is 1.89 bits per heavy atom. The van der Waals surface area contributed by atoms with Gasteiger partial charge in [0.1, 0.15) is 0 Å². The largest absolute Gasteiger partial charge is 0.552 e. The van der Waals surface area contributed by atoms with Crippen molar-refractivity contribution >= 4 is 60.0 Å². The van der Waals surface area contributed by atoms with Crippen molar-refractivity contribution in [3.63, 3.8) is 0 Å². The van der Waals surface area contributed by atoms with Crippen molar-refractivity contribution in [1.82, 2.24) is 15.5 Å². The van der Waals surface area contributed by atoms with E-state index in [2.05, 4.69) is 10.6 Å². The van der Waals surface area contributed by atoms with Crippen molar-refractivity contribution < 1.29 is 38.4 Å². The van der Waals surface area contributed by atoms with E-state index in [1.54, 1.807) is 0 Å². The van der Waals surface area contributed by atoms with E-state index in [0.717, 1.165) is 0 Å². The number of carbonyl (C=O) groups excluding carboxylic acids is 4. The number of halogens is 2. The minimum Gasteiger partial charge on any atom is -0.508 e. The number of carboxylic acid groups (broad SMARTS) is 1. The predicted molar refractivity (Wildman–Crippen MR) is 131 cm³/mol. The fourth-order valence-corrected chi connectivity index (χ4v) is 3.87. The molecule has 1 heterocycles. The summed E-state index contributed by atoms with van der Waals surface area (Å²) >= 11 is 11.9. The summed E-state index contributed by atoms with van der Waals surface area (Å²) in [6.07, 6.45) is -1.02. The van der Waals surface area contributed by atoms with Gasteiger partial charge < -0.3 is 29.9 Å². The van der Waals surface area contributed by atoms with E-state index in [0.29, 0.717) is 0 Å². The second-order valence-corrected chi connectivity index (χ2v) is 9.87. The molecule has 36 heavy (non-hydrogen) atoms. The van der Waals surface area contributed by atoms with Crippen molar-refractivity contribution in [1.29, 1.82) is 0 Å². The Morgan fingerprint density at radius 3 is 2.47 bits per heavy atom. The molecule has 0 spiro atoms. The lowest BCUT2D eigenvalue weighted by Crippen LogP contribution is -2.62. The van der Waals surface area contributed by atoms with E-state index in [4.69, 9.17) is 32.5 Å². The van der Waals surface area contributed by atoms with Gasteiger partial charge in [0.15, 0.2) is 5.60 Å². The normalized spacial score (nSPS) is 18.3. The SMILES string of the molecule is CC(C)C[C@H](NC(=O)CNC(=O)c1cc(Cl)ccc1Cl)B1OC(=O)C[C@](CC(=O)N(C)C)(C(=O)O)O1. The maximum atomic E-state index is 12.7. The average molecular weight is 544 g/mol. The van der Waals surface area contributed by atoms with Gasteiger partial charge in [0.25, 0.3) is 11.9 Å². The summed E-state index contributed by atoms with van der Waals surface area (Å²) in [7, 11) is 1.42. The van der Waals surface area contributed by atoms with Gasteiger partial charge in [0.05, 0.1) is 35.9 Å². The van der Waals surface area contributed by atoms with Crippen LogP contribution in [-0.2, 0) is 28.5 Å². The molecule has 1 fully saturated rings. The summed E-state index contributed by atoms with van der Waals surface area (Å²) in [5, 5.41) is 15.3. The van der Waals surface area contributed by atoms with E-state index in [1.807, 2.05) is 13.8 Å². The van der Waals surface area contributed by atoms with Crippen LogP contribution >= 0.6 is 23.2 Å². The van der Waals surface area contributed by atoms with Gasteiger partial charge in [-0.25, -0.2) is 4.79 Å². The molecule has 0 unspecified atom stereocenters. The van der Waals surface area contributed by atoms with Crippen LogP contribution < -0.4 is 10.6 Å². The third-order valence-corrected chi connectivity index (χ3v) is 5.89. The highest BCUT2D eigenvalue weighted by atomic mass is 35.5. The molecular formula is C22H28BCl2N3O8. The molecule has 0 bridgehead atoms. The Hall–Kier alpha value is -2.83. The maximum Gasteiger partial charge on any atom is 0.552 e. The number of nitrogens with one attached hydrogen (secondary N) is 2. The molecule has 0 saturated carbocycles. The first-order valence-corrected chi connectivity index (χ1v) is 11.8. The minimum atomic E-state index is -2.15. The second-order valence-electron chi connectivity index (χ2n) is 9.03. The molecule has 1 saturated heterocycles. The van der Waals surface area contributed by atoms with Gasteiger partial charge in [0, 0.05) is 19.1 Å². The summed E-state index contributed by atoms with van der Waals surface area (Å²) in [6, 6.07) is 4.31. The van der Waals surface area contributed by atoms with E-state index in [1.165, 1.54) is 37.2 Å². The van der Waals surface area contributed by atoms with Crippen molar-refractivity contribution in [2.45, 2.75) is 44.7 Å². The zero-order valence-electron chi connectivity index (χ0n) is 20.3. The van der Waals surface area contributed by atoms with Gasteiger partial charge in [-0.3, -0.25) is 19.2 Å². The quantitative estimate of drug-likeness (QED) is 0.376. The highest BCUT2D eigenvalue weighted by Gasteiger charge is 2.54. The van der Waals surface area contributed by atoms with Crippen molar-refractivity contribution in [3.05, 3.63) is 33.8 Å². The number of hydrogen-bond acceptors (Lipinski definition) is 7. The summed E-state index contributed by atoms with van der Waals surface area (Å²) in [6.45, 7) is 3.22. The first-order chi connectivity index (χ1) is 16.7. The van der Waals surface area contributed by atoms with Crippen LogP contribution in [0.4, 0.5) is 0 Å². The Morgan fingerprint density at radius 1 is 1.22 bits per heavy atom. The lowest BCUT2D eigenvalue weighted by Gasteiger charge is -2.38. The topological polar surface area (TPSA) is 151 Å². The molecule has 0 radical (unpaired) electrons. The molecule has 1 aliphatic rings. The van der Waals surface area contributed by atoms with Gasteiger partial charge in [-0.1, -0.05) is 37.0 Å². The number of rotatable bonds is 10. The summed E-state index contributed by atoms with van der Waals surface area (Å²) in [5.74, 6) is -5.21. The molecule has 1 aromatic rings. The predicted octanol–water partition coefficient (Wildman–Crippen LogP) is 1.55. The number of aliphatic carboxylic acids is 1. The summed E-state index contributed by atoms with van der Waals surface area (Å²) in [4.78, 5) is 63.0. The molecule has 11 nitrogen and oxygen atoms in total. The lowest BCUT2D eigenvalue weighted by molar-refractivity contribution is -0.173. The van der Waals surface area contributed by atoms with Gasteiger partial charge in [-0.2, -0.15) is 0 Å². The zero-order chi connectivity index (χ0) is 27.2. The Labute approximate surface area is 218 Å². The van der Waals surface area contributed by atoms with Crippen LogP contribution in [0.15, 0.2) is 18.2 Å². The van der Waals surface area contributed by atoms with Crippen LogP contribution in [0.2, 0.25) is 10.0 Å². The number of carbonyl (C=O) groups is 5. The van der Waals surface area contributed by atoms with Crippen LogP contribution in [0.1, 0.15) is 43.5 Å². The molecule has 3 N–H and O–H groups in total. The smallest absolute Gasteiger partial charge is 0.508 e. The van der Waals surface area contributed by atoms with Crippen LogP contribution in [0.3, 0.4) is 0 Å². The molecule has 0 aliphatic carbocycles. The van der Waals surface area contributed by atoms with Crippen LogP contribution in [0.25, 0.3) is 0 Å². The minimum absolute atomic E-state index is 0.0259. The van der Waals surface area contributed by atoms with E-state index in [-0.39, 0.29) is 27.9 Å². The number of carboxylic acids is 1. The number of nitrogens with zero attached hydrogens (tertiary/aromatic N) is 1. The second kappa shape index (κ2) is 12.4. The third kappa shape index (κ3) is 7.84. The molecule has 2 rings (SSSR count). The Kier molecular flexibility index (Phi) is 10.1. The molecule has 0 aromatic heterocycles. The maximum absolute atomic E-state index is 12.7. The van der Waals surface area contributed by atoms with Gasteiger partial charge >= 0.3 is 13.1 Å². The Balaban J connectivity index is 2.16. The number of benzene rings is 1. The Bertz CT molecular complexity index is 1040. The van der Waals surface area contributed by atoms with Crippen LogP contribution in [-0.4, -0.2) is 79.0 Å². The fourth-order valence-electron chi connectivity index (χ4n) is 3.50. The molecule has 2 atom stereocenters. The van der Waals surface area contributed by atoms with Crippen molar-refractivity contribution in [2.24, 2.45) is 5.92 Å². The van der Waals surface area contributed by atoms with E-state index < -0.39 is 67.7 Å². The number of hydrogen-bond donors (Lipinski definition) is 3. The molecule has 3 amide bonds. The summed E-state index contributed by atoms with van der Waals surface area (Å²) < 4.78 is 10.9. The molecule has 1 aromatic carbocycles. The highest BCUT2D eigenvalue weighted by molar-refractivity contribution is 6.50. The van der Waals surface area contributed by atoms with Gasteiger partial charge in [-0.15, -0.1) is 0 Å². The zero-order valence-corrected chi connectivity index (χ0v) is 21.8. The van der Waals surface area contributed by atoms with Crippen LogP contribution in [0, 0.1) is 5.92 Å². The van der Waals surface area contributed by atoms with Crippen LogP contribution in [0.5, 0.6) is 0 Å². The van der Waals surface area contributed by atoms with Crippen molar-refractivity contribution in [3.8, 4) is 0 Å². The summed E-state index contributed by atoms with van der Waals surface area (Å²) in [5.41, 5.74) is -2.07. The average Bonchev–Trinajstić information content (AvgIpc) is 2.77. The van der Waals surface area contributed by atoms with Crippen molar-refractivity contribution in [2.75, 3.05) is 20.6 Å². The molecular weight excluding hydrogens is 516 g/mol. The monoisotopic (exact) mass is 543 g/mol. The third-order valence-electron chi connectivity index (χ3n) is 5.33. The molecule has 1 aliphatic heterocycles. The first kappa shape index (κ1) is 29.4. The fraction of sp³-hybridized carbons (Fsp3) is 0.500. The number of amides is 3. The molecule has 14 heteroatoms. The highest BCUT2D eigenvalue weighted by Crippen LogP contribution is 2.30.